The second-order valence-electron chi connectivity index (χ2n) is 7.59. The second kappa shape index (κ2) is 12.9. The summed E-state index contributed by atoms with van der Waals surface area (Å²) in [7, 11) is 3.04. The molecule has 13 heteroatoms. The van der Waals surface area contributed by atoms with Crippen LogP contribution >= 0.6 is 23.1 Å². The topological polar surface area (TPSA) is 129 Å². The van der Waals surface area contributed by atoms with Crippen LogP contribution in [0.1, 0.15) is 23.1 Å². The number of nitrogens with one attached hydrogen (secondary N) is 2. The molecule has 0 aliphatic heterocycles. The lowest BCUT2D eigenvalue weighted by Crippen LogP contribution is -2.24. The van der Waals surface area contributed by atoms with Crippen LogP contribution in [0, 0.1) is 0 Å². The zero-order valence-electron chi connectivity index (χ0n) is 21.0. The highest BCUT2D eigenvalue weighted by Crippen LogP contribution is 2.28. The van der Waals surface area contributed by atoms with Gasteiger partial charge < -0.3 is 24.8 Å². The average molecular weight is 555 g/mol. The van der Waals surface area contributed by atoms with Crippen molar-refractivity contribution in [1.29, 1.82) is 0 Å². The van der Waals surface area contributed by atoms with Gasteiger partial charge in [0.05, 0.1) is 33.1 Å². The van der Waals surface area contributed by atoms with Gasteiger partial charge in [0.15, 0.2) is 27.6 Å². The van der Waals surface area contributed by atoms with Crippen molar-refractivity contribution in [3.8, 4) is 22.9 Å². The number of anilines is 1. The Morgan fingerprint density at radius 3 is 2.53 bits per heavy atom. The third-order valence-electron chi connectivity index (χ3n) is 5.17. The molecule has 2 aromatic heterocycles. The van der Waals surface area contributed by atoms with E-state index in [0.29, 0.717) is 39.8 Å². The second-order valence-corrected chi connectivity index (χ2v) is 9.42. The molecule has 0 saturated heterocycles. The van der Waals surface area contributed by atoms with Crippen LogP contribution in [0.2, 0.25) is 0 Å². The minimum Gasteiger partial charge on any atom is -0.494 e. The normalized spacial score (nSPS) is 10.6. The number of carbonyl (C=O) groups excluding carboxylic acids is 2. The van der Waals surface area contributed by atoms with Gasteiger partial charge in [0.2, 0.25) is 5.91 Å². The quantitative estimate of drug-likeness (QED) is 0.251. The standard InChI is InChI=1S/C25H26N6O5S2/c1-4-36-18-8-6-17(7-9-18)31-21(14-27-23(33)16-5-10-19(34-2)20(13-16)35-3)29-30-25(31)38-15-22(32)28-24-26-11-12-37-24/h5-13H,4,14-15H2,1-3H3,(H,27,33)(H,26,28,32). The zero-order chi connectivity index (χ0) is 26.9. The molecule has 198 valence electrons. The van der Waals surface area contributed by atoms with Crippen LogP contribution in [-0.4, -0.2) is 58.1 Å². The lowest BCUT2D eigenvalue weighted by Gasteiger charge is -2.12. The van der Waals surface area contributed by atoms with Gasteiger partial charge in [0, 0.05) is 22.8 Å². The first-order chi connectivity index (χ1) is 18.5. The molecule has 0 atom stereocenters. The lowest BCUT2D eigenvalue weighted by molar-refractivity contribution is -0.113. The Balaban J connectivity index is 1.52. The number of methoxy groups -OCH3 is 2. The summed E-state index contributed by atoms with van der Waals surface area (Å²) in [6.07, 6.45) is 1.62. The van der Waals surface area contributed by atoms with E-state index in [0.717, 1.165) is 11.4 Å². The maximum absolute atomic E-state index is 12.9. The summed E-state index contributed by atoms with van der Waals surface area (Å²) in [6.45, 7) is 2.56. The maximum atomic E-state index is 12.9. The predicted molar refractivity (Wildman–Crippen MR) is 145 cm³/mol. The van der Waals surface area contributed by atoms with Crippen LogP contribution in [0.15, 0.2) is 59.2 Å². The fraction of sp³-hybridized carbons (Fsp3) is 0.240. The van der Waals surface area contributed by atoms with E-state index in [2.05, 4.69) is 25.8 Å². The van der Waals surface area contributed by atoms with E-state index in [9.17, 15) is 9.59 Å². The molecule has 0 unspecified atom stereocenters. The number of nitrogens with zero attached hydrogens (tertiary/aromatic N) is 4. The van der Waals surface area contributed by atoms with Gasteiger partial charge in [-0.05, 0) is 49.4 Å². The molecule has 0 radical (unpaired) electrons. The molecule has 0 bridgehead atoms. The van der Waals surface area contributed by atoms with Crippen molar-refractivity contribution in [1.82, 2.24) is 25.1 Å². The summed E-state index contributed by atoms with van der Waals surface area (Å²) in [5.74, 6) is 1.77. The SMILES string of the molecule is CCOc1ccc(-n2c(CNC(=O)c3ccc(OC)c(OC)c3)nnc2SCC(=O)Nc2nccs2)cc1. The molecule has 0 aliphatic rings. The predicted octanol–water partition coefficient (Wildman–Crippen LogP) is 3.80. The Kier molecular flexibility index (Phi) is 9.16. The van der Waals surface area contributed by atoms with Crippen LogP contribution in [0.3, 0.4) is 0 Å². The summed E-state index contributed by atoms with van der Waals surface area (Å²) in [6, 6.07) is 12.3. The van der Waals surface area contributed by atoms with Gasteiger partial charge in [-0.3, -0.25) is 14.2 Å². The highest BCUT2D eigenvalue weighted by atomic mass is 32.2. The fourth-order valence-electron chi connectivity index (χ4n) is 3.44. The Morgan fingerprint density at radius 1 is 1.05 bits per heavy atom. The molecule has 2 aromatic carbocycles. The Hall–Kier alpha value is -4.10. The highest BCUT2D eigenvalue weighted by molar-refractivity contribution is 7.99. The molecule has 38 heavy (non-hydrogen) atoms. The van der Waals surface area contributed by atoms with Crippen LogP contribution in [0.25, 0.3) is 5.69 Å². The third-order valence-corrected chi connectivity index (χ3v) is 6.79. The molecular weight excluding hydrogens is 528 g/mol. The zero-order valence-corrected chi connectivity index (χ0v) is 22.6. The van der Waals surface area contributed by atoms with Crippen LogP contribution in [-0.2, 0) is 11.3 Å². The number of amides is 2. The Labute approximate surface area is 227 Å². The number of hydrogen-bond acceptors (Lipinski definition) is 10. The van der Waals surface area contributed by atoms with Gasteiger partial charge in [0.1, 0.15) is 5.75 Å². The van der Waals surface area contributed by atoms with Crippen LogP contribution in [0.4, 0.5) is 5.13 Å². The van der Waals surface area contributed by atoms with Crippen molar-refractivity contribution >= 4 is 40.0 Å². The van der Waals surface area contributed by atoms with Gasteiger partial charge >= 0.3 is 0 Å². The molecule has 4 rings (SSSR count). The van der Waals surface area contributed by atoms with E-state index < -0.39 is 0 Å². The molecule has 0 spiro atoms. The van der Waals surface area contributed by atoms with E-state index in [4.69, 9.17) is 14.2 Å². The molecule has 2 heterocycles. The van der Waals surface area contributed by atoms with Crippen molar-refractivity contribution in [2.24, 2.45) is 0 Å². The average Bonchev–Trinajstić information content (AvgIpc) is 3.60. The first-order valence-corrected chi connectivity index (χ1v) is 13.4. The van der Waals surface area contributed by atoms with Crippen molar-refractivity contribution in [2.45, 2.75) is 18.6 Å². The van der Waals surface area contributed by atoms with E-state index >= 15 is 0 Å². The van der Waals surface area contributed by atoms with Crippen molar-refractivity contribution in [2.75, 3.05) is 31.9 Å². The summed E-state index contributed by atoms with van der Waals surface area (Å²) in [4.78, 5) is 29.4. The first-order valence-electron chi connectivity index (χ1n) is 11.5. The molecule has 2 N–H and O–H groups in total. The number of thioether (sulfide) groups is 1. The van der Waals surface area contributed by atoms with Crippen LogP contribution in [0.5, 0.6) is 17.2 Å². The molecular formula is C25H26N6O5S2. The Bertz CT molecular complexity index is 1380. The Morgan fingerprint density at radius 2 is 1.84 bits per heavy atom. The summed E-state index contributed by atoms with van der Waals surface area (Å²) in [5.41, 5.74) is 1.17. The van der Waals surface area contributed by atoms with E-state index in [1.807, 2.05) is 31.2 Å². The van der Waals surface area contributed by atoms with Gasteiger partial charge in [-0.15, -0.1) is 21.5 Å². The van der Waals surface area contributed by atoms with Gasteiger partial charge in [-0.1, -0.05) is 11.8 Å². The number of carbonyl (C=O) groups is 2. The number of ether oxygens (including phenoxy) is 3. The van der Waals surface area contributed by atoms with Gasteiger partial charge in [-0.25, -0.2) is 4.98 Å². The number of benzene rings is 2. The molecule has 0 aliphatic carbocycles. The van der Waals surface area contributed by atoms with Crippen molar-refractivity contribution in [3.05, 3.63) is 65.4 Å². The smallest absolute Gasteiger partial charge is 0.251 e. The number of thiazole rings is 1. The number of hydrogen-bond donors (Lipinski definition) is 2. The van der Waals surface area contributed by atoms with Gasteiger partial charge in [0.25, 0.3) is 5.91 Å². The molecule has 11 nitrogen and oxygen atoms in total. The number of rotatable bonds is 12. The maximum Gasteiger partial charge on any atom is 0.251 e. The summed E-state index contributed by atoms with van der Waals surface area (Å²) >= 11 is 2.57. The van der Waals surface area contributed by atoms with E-state index in [1.54, 1.807) is 34.3 Å². The molecule has 0 saturated carbocycles. The highest BCUT2D eigenvalue weighted by Gasteiger charge is 2.18. The first kappa shape index (κ1) is 26.9. The molecule has 4 aromatic rings. The van der Waals surface area contributed by atoms with Gasteiger partial charge in [-0.2, -0.15) is 0 Å². The third kappa shape index (κ3) is 6.61. The van der Waals surface area contributed by atoms with E-state index in [1.165, 1.54) is 37.3 Å². The largest absolute Gasteiger partial charge is 0.494 e. The van der Waals surface area contributed by atoms with Crippen molar-refractivity contribution < 1.29 is 23.8 Å². The minimum absolute atomic E-state index is 0.0965. The monoisotopic (exact) mass is 554 g/mol. The number of aromatic nitrogens is 4. The van der Waals surface area contributed by atoms with Crippen molar-refractivity contribution in [3.63, 3.8) is 0 Å². The minimum atomic E-state index is -0.316. The molecule has 2 amide bonds. The molecule has 0 fully saturated rings. The summed E-state index contributed by atoms with van der Waals surface area (Å²) < 4.78 is 17.9. The van der Waals surface area contributed by atoms with E-state index in [-0.39, 0.29) is 24.1 Å². The van der Waals surface area contributed by atoms with Crippen LogP contribution < -0.4 is 24.8 Å². The lowest BCUT2D eigenvalue weighted by atomic mass is 10.2. The summed E-state index contributed by atoms with van der Waals surface area (Å²) in [5, 5.41) is 17.0. The fourth-order valence-corrected chi connectivity index (χ4v) is 4.75.